The number of fused-ring (bicyclic) bond motifs is 13. The minimum atomic E-state index is 0.736. The van der Waals surface area contributed by atoms with Gasteiger partial charge < -0.3 is 4.42 Å². The molecular weight excluding hydrogens is 500 g/mol. The first-order valence-corrected chi connectivity index (χ1v) is 13.8. The summed E-state index contributed by atoms with van der Waals surface area (Å²) in [6.07, 6.45) is 3.82. The maximum atomic E-state index is 6.56. The van der Waals surface area contributed by atoms with E-state index < -0.39 is 0 Å². The number of hydrogen-bond donors (Lipinski definition) is 0. The number of benzene rings is 5. The van der Waals surface area contributed by atoms with Gasteiger partial charge in [-0.05, 0) is 57.1 Å². The second-order valence-corrected chi connectivity index (χ2v) is 10.5. The summed E-state index contributed by atoms with van der Waals surface area (Å²) in [6, 6.07) is 42.9. The highest BCUT2D eigenvalue weighted by molar-refractivity contribution is 6.16. The summed E-state index contributed by atoms with van der Waals surface area (Å²) in [4.78, 5) is 9.51. The molecule has 0 radical (unpaired) electrons. The second-order valence-electron chi connectivity index (χ2n) is 10.5. The summed E-state index contributed by atoms with van der Waals surface area (Å²) in [5.41, 5.74) is 14.1. The van der Waals surface area contributed by atoms with Gasteiger partial charge in [0.2, 0.25) is 0 Å². The molecule has 9 rings (SSSR count). The monoisotopic (exact) mass is 522 g/mol. The van der Waals surface area contributed by atoms with Crippen molar-refractivity contribution in [1.29, 1.82) is 0 Å². The Morgan fingerprint density at radius 2 is 0.951 bits per heavy atom. The van der Waals surface area contributed by atoms with Gasteiger partial charge in [0, 0.05) is 45.2 Å². The van der Waals surface area contributed by atoms with Crippen LogP contribution in [-0.4, -0.2) is 9.97 Å². The van der Waals surface area contributed by atoms with E-state index in [1.807, 2.05) is 30.6 Å². The maximum Gasteiger partial charge on any atom is 0.159 e. The van der Waals surface area contributed by atoms with Crippen LogP contribution in [-0.2, 0) is 0 Å². The summed E-state index contributed by atoms with van der Waals surface area (Å²) in [6.45, 7) is 0. The van der Waals surface area contributed by atoms with Crippen LogP contribution >= 0.6 is 0 Å². The molecule has 0 saturated heterocycles. The molecule has 8 aromatic rings. The number of pyridine rings is 2. The Morgan fingerprint density at radius 1 is 0.390 bits per heavy atom. The first kappa shape index (κ1) is 22.3. The Kier molecular flexibility index (Phi) is 4.61. The smallest absolute Gasteiger partial charge is 0.159 e. The molecule has 1 aliphatic carbocycles. The van der Waals surface area contributed by atoms with Crippen LogP contribution in [0.1, 0.15) is 0 Å². The van der Waals surface area contributed by atoms with Gasteiger partial charge >= 0.3 is 0 Å². The van der Waals surface area contributed by atoms with Crippen molar-refractivity contribution in [3.8, 4) is 55.6 Å². The molecule has 1 aliphatic rings. The standard InChI is InChI=1S/C38H22N2O/c1-3-12-25-23(10-1)24-11-2-4-13-26(24)33-22-40-38-32(19-9-21-39-38)36(33)35-28(25)15-7-16-29(35)31-18-8-17-30-27-14-5-6-20-34(27)41-37(30)31/h1-22H. The summed E-state index contributed by atoms with van der Waals surface area (Å²) in [5, 5.41) is 3.28. The van der Waals surface area contributed by atoms with Gasteiger partial charge in [-0.25, -0.2) is 9.97 Å². The predicted molar refractivity (Wildman–Crippen MR) is 168 cm³/mol. The summed E-state index contributed by atoms with van der Waals surface area (Å²) in [7, 11) is 0. The summed E-state index contributed by atoms with van der Waals surface area (Å²) >= 11 is 0. The van der Waals surface area contributed by atoms with Crippen LogP contribution in [0, 0.1) is 0 Å². The molecule has 3 aromatic heterocycles. The number of nitrogens with zero attached hydrogens (tertiary/aromatic N) is 2. The molecule has 3 heterocycles. The molecule has 41 heavy (non-hydrogen) atoms. The molecule has 0 spiro atoms. The van der Waals surface area contributed by atoms with Crippen molar-refractivity contribution in [3.05, 3.63) is 134 Å². The van der Waals surface area contributed by atoms with Gasteiger partial charge in [0.1, 0.15) is 11.2 Å². The quantitative estimate of drug-likeness (QED) is 0.215. The zero-order valence-corrected chi connectivity index (χ0v) is 22.0. The lowest BCUT2D eigenvalue weighted by molar-refractivity contribution is 0.670. The van der Waals surface area contributed by atoms with Crippen LogP contribution in [0.5, 0.6) is 0 Å². The maximum absolute atomic E-state index is 6.56. The normalized spacial score (nSPS) is 11.9. The van der Waals surface area contributed by atoms with E-state index in [1.54, 1.807) is 0 Å². The molecule has 0 N–H and O–H groups in total. The van der Waals surface area contributed by atoms with E-state index in [0.29, 0.717) is 0 Å². The van der Waals surface area contributed by atoms with Crippen molar-refractivity contribution in [1.82, 2.24) is 9.97 Å². The van der Waals surface area contributed by atoms with Crippen molar-refractivity contribution in [2.75, 3.05) is 0 Å². The lowest BCUT2D eigenvalue weighted by atomic mass is 9.78. The van der Waals surface area contributed by atoms with Gasteiger partial charge in [0.05, 0.1) is 0 Å². The van der Waals surface area contributed by atoms with E-state index in [2.05, 4.69) is 108 Å². The van der Waals surface area contributed by atoms with Crippen LogP contribution in [0.4, 0.5) is 0 Å². The molecule has 0 fully saturated rings. The van der Waals surface area contributed by atoms with Gasteiger partial charge in [-0.15, -0.1) is 0 Å². The highest BCUT2D eigenvalue weighted by atomic mass is 16.3. The van der Waals surface area contributed by atoms with Crippen molar-refractivity contribution in [3.63, 3.8) is 0 Å². The average Bonchev–Trinajstić information content (AvgIpc) is 3.42. The topological polar surface area (TPSA) is 38.9 Å². The Balaban J connectivity index is 1.50. The fourth-order valence-corrected chi connectivity index (χ4v) is 6.64. The zero-order valence-electron chi connectivity index (χ0n) is 22.0. The van der Waals surface area contributed by atoms with Gasteiger partial charge in [-0.1, -0.05) is 103 Å². The van der Waals surface area contributed by atoms with Crippen molar-refractivity contribution < 1.29 is 4.42 Å². The fourth-order valence-electron chi connectivity index (χ4n) is 6.64. The van der Waals surface area contributed by atoms with Gasteiger partial charge in [-0.3, -0.25) is 0 Å². The van der Waals surface area contributed by atoms with Gasteiger partial charge in [0.25, 0.3) is 0 Å². The van der Waals surface area contributed by atoms with E-state index in [4.69, 9.17) is 9.40 Å². The van der Waals surface area contributed by atoms with Crippen LogP contribution in [0.25, 0.3) is 88.6 Å². The molecule has 3 heteroatoms. The molecule has 0 amide bonds. The predicted octanol–water partition coefficient (Wildman–Crippen LogP) is 10.2. The Hall–Kier alpha value is -5.54. The SMILES string of the molecule is c1ccc2c(c1)-c1ccccc1-c1cnc3ncccc3c1-c1c-2cccc1-c1cccc2c1oc1ccccc12. The largest absolute Gasteiger partial charge is 0.455 e. The molecule has 0 unspecified atom stereocenters. The number of rotatable bonds is 1. The molecule has 0 aliphatic heterocycles. The lowest BCUT2D eigenvalue weighted by Gasteiger charge is -2.25. The van der Waals surface area contributed by atoms with Gasteiger partial charge in [0.15, 0.2) is 5.65 Å². The average molecular weight is 523 g/mol. The molecule has 3 nitrogen and oxygen atoms in total. The third kappa shape index (κ3) is 3.14. The molecule has 0 atom stereocenters. The van der Waals surface area contributed by atoms with Crippen LogP contribution in [0.15, 0.2) is 138 Å². The number of aromatic nitrogens is 2. The van der Waals surface area contributed by atoms with Crippen molar-refractivity contribution >= 4 is 33.0 Å². The number of para-hydroxylation sites is 2. The molecule has 190 valence electrons. The molecular formula is C38H22N2O. The van der Waals surface area contributed by atoms with E-state index in [-0.39, 0.29) is 0 Å². The van der Waals surface area contributed by atoms with Crippen molar-refractivity contribution in [2.24, 2.45) is 0 Å². The van der Waals surface area contributed by atoms with Crippen LogP contribution in [0.2, 0.25) is 0 Å². The number of hydrogen-bond acceptors (Lipinski definition) is 3. The van der Waals surface area contributed by atoms with E-state index in [1.165, 1.54) is 22.3 Å². The summed E-state index contributed by atoms with van der Waals surface area (Å²) in [5.74, 6) is 0. The zero-order chi connectivity index (χ0) is 26.9. The van der Waals surface area contributed by atoms with Crippen molar-refractivity contribution in [2.45, 2.75) is 0 Å². The highest BCUT2D eigenvalue weighted by Gasteiger charge is 2.27. The second kappa shape index (κ2) is 8.48. The third-order valence-corrected chi connectivity index (χ3v) is 8.37. The first-order chi connectivity index (χ1) is 20.4. The third-order valence-electron chi connectivity index (χ3n) is 8.37. The minimum absolute atomic E-state index is 0.736. The lowest BCUT2D eigenvalue weighted by Crippen LogP contribution is -2.01. The highest BCUT2D eigenvalue weighted by Crippen LogP contribution is 2.52. The van der Waals surface area contributed by atoms with E-state index in [0.717, 1.165) is 66.4 Å². The fraction of sp³-hybridized carbons (Fsp3) is 0. The number of furan rings is 1. The van der Waals surface area contributed by atoms with E-state index in [9.17, 15) is 0 Å². The Bertz CT molecular complexity index is 2330. The minimum Gasteiger partial charge on any atom is -0.455 e. The van der Waals surface area contributed by atoms with Gasteiger partial charge in [-0.2, -0.15) is 0 Å². The van der Waals surface area contributed by atoms with Crippen LogP contribution in [0.3, 0.4) is 0 Å². The molecule has 0 bridgehead atoms. The Morgan fingerprint density at radius 3 is 1.76 bits per heavy atom. The van der Waals surface area contributed by atoms with E-state index >= 15 is 0 Å². The molecule has 5 aromatic carbocycles. The first-order valence-electron chi connectivity index (χ1n) is 13.8. The van der Waals surface area contributed by atoms with Crippen LogP contribution < -0.4 is 0 Å². The molecule has 0 saturated carbocycles. The summed E-state index contributed by atoms with van der Waals surface area (Å²) < 4.78 is 6.56. The Labute approximate surface area is 236 Å².